The molecule has 1 aromatic carbocycles. The van der Waals surface area contributed by atoms with Crippen molar-refractivity contribution in [2.45, 2.75) is 6.92 Å². The van der Waals surface area contributed by atoms with Crippen molar-refractivity contribution < 1.29 is 14.3 Å². The lowest BCUT2D eigenvalue weighted by Crippen LogP contribution is -2.17. The number of aromatic nitrogens is 4. The number of nitrogens with one attached hydrogen (secondary N) is 2. The normalized spacial score (nSPS) is 10.6. The number of para-hydroxylation sites is 2. The monoisotopic (exact) mass is 361 g/mol. The van der Waals surface area contributed by atoms with E-state index in [2.05, 4.69) is 25.3 Å². The molecule has 2 N–H and O–H groups in total. The summed E-state index contributed by atoms with van der Waals surface area (Å²) in [5, 5.41) is 2.59. The van der Waals surface area contributed by atoms with Gasteiger partial charge in [-0.3, -0.25) is 10.3 Å². The molecule has 4 aromatic rings. The van der Waals surface area contributed by atoms with E-state index < -0.39 is 6.09 Å². The van der Waals surface area contributed by atoms with Gasteiger partial charge >= 0.3 is 12.1 Å². The van der Waals surface area contributed by atoms with Gasteiger partial charge < -0.3 is 14.5 Å². The van der Waals surface area contributed by atoms with Crippen LogP contribution in [0.4, 0.5) is 10.5 Å². The van der Waals surface area contributed by atoms with Gasteiger partial charge in [0.2, 0.25) is 5.88 Å². The Morgan fingerprint density at radius 2 is 1.96 bits per heavy atom. The molecule has 0 spiro atoms. The number of carbonyl (C=O) groups is 1. The fraction of sp³-hybridized carbons (Fsp3) is 0.0526. The molecular weight excluding hydrogens is 346 g/mol. The number of rotatable bonds is 4. The summed E-state index contributed by atoms with van der Waals surface area (Å²) >= 11 is 0. The van der Waals surface area contributed by atoms with E-state index in [1.807, 2.05) is 31.2 Å². The third-order valence-corrected chi connectivity index (χ3v) is 3.71. The van der Waals surface area contributed by atoms with Gasteiger partial charge in [0.25, 0.3) is 0 Å². The Labute approximate surface area is 154 Å². The highest BCUT2D eigenvalue weighted by Gasteiger charge is 2.10. The van der Waals surface area contributed by atoms with Crippen molar-refractivity contribution >= 4 is 22.8 Å². The Morgan fingerprint density at radius 3 is 2.74 bits per heavy atom. The molecule has 3 aromatic heterocycles. The zero-order valence-corrected chi connectivity index (χ0v) is 14.3. The zero-order chi connectivity index (χ0) is 18.6. The molecule has 3 heterocycles. The van der Waals surface area contributed by atoms with Crippen molar-refractivity contribution in [2.75, 3.05) is 5.32 Å². The maximum atomic E-state index is 12.0. The topological polar surface area (TPSA) is 102 Å². The van der Waals surface area contributed by atoms with Crippen molar-refractivity contribution in [1.82, 2.24) is 19.9 Å². The second-order valence-corrected chi connectivity index (χ2v) is 5.65. The quantitative estimate of drug-likeness (QED) is 0.568. The minimum absolute atomic E-state index is 0.119. The average Bonchev–Trinajstić information content (AvgIpc) is 3.07. The van der Waals surface area contributed by atoms with Crippen LogP contribution >= 0.6 is 0 Å². The standard InChI is InChI=1S/C19H15N5O3/c1-12-16(7-4-10-20-12)26-17-9-8-13(11-21-17)22-19(25)27-18-23-14-5-2-3-6-15(14)24-18/h2-11H,1H3,(H,22,25)(H,23,24). The summed E-state index contributed by atoms with van der Waals surface area (Å²) in [6.07, 6.45) is 2.49. The lowest BCUT2D eigenvalue weighted by Gasteiger charge is -2.08. The summed E-state index contributed by atoms with van der Waals surface area (Å²) in [4.78, 5) is 27.4. The first-order valence-corrected chi connectivity index (χ1v) is 8.16. The van der Waals surface area contributed by atoms with Crippen molar-refractivity contribution in [1.29, 1.82) is 0 Å². The van der Waals surface area contributed by atoms with Crippen LogP contribution in [0.25, 0.3) is 11.0 Å². The van der Waals surface area contributed by atoms with Gasteiger partial charge in [-0.05, 0) is 37.3 Å². The summed E-state index contributed by atoms with van der Waals surface area (Å²) in [5.74, 6) is 1.01. The Hall–Kier alpha value is -3.94. The number of imidazole rings is 1. The van der Waals surface area contributed by atoms with Gasteiger partial charge in [-0.25, -0.2) is 9.78 Å². The van der Waals surface area contributed by atoms with Gasteiger partial charge in [0.15, 0.2) is 5.75 Å². The van der Waals surface area contributed by atoms with E-state index in [0.29, 0.717) is 22.8 Å². The third-order valence-electron chi connectivity index (χ3n) is 3.71. The number of nitrogens with zero attached hydrogens (tertiary/aromatic N) is 3. The molecule has 0 aliphatic carbocycles. The van der Waals surface area contributed by atoms with Crippen molar-refractivity contribution in [3.05, 3.63) is 66.6 Å². The molecule has 0 unspecified atom stereocenters. The molecule has 27 heavy (non-hydrogen) atoms. The molecule has 0 atom stereocenters. The van der Waals surface area contributed by atoms with E-state index in [0.717, 1.165) is 11.2 Å². The number of ether oxygens (including phenoxy) is 2. The average molecular weight is 361 g/mol. The number of anilines is 1. The zero-order valence-electron chi connectivity index (χ0n) is 14.3. The van der Waals surface area contributed by atoms with E-state index in [-0.39, 0.29) is 6.01 Å². The van der Waals surface area contributed by atoms with Crippen LogP contribution in [-0.4, -0.2) is 26.0 Å². The summed E-state index contributed by atoms with van der Waals surface area (Å²) in [7, 11) is 0. The van der Waals surface area contributed by atoms with Gasteiger partial charge in [0.1, 0.15) is 0 Å². The van der Waals surface area contributed by atoms with Crippen molar-refractivity contribution in [3.8, 4) is 17.6 Å². The third kappa shape index (κ3) is 3.84. The SMILES string of the molecule is Cc1ncccc1Oc1ccc(NC(=O)Oc2nc3ccccc3[nH]2)cn1. The minimum atomic E-state index is -0.673. The van der Waals surface area contributed by atoms with Crippen molar-refractivity contribution in [2.24, 2.45) is 0 Å². The second kappa shape index (κ2) is 7.12. The summed E-state index contributed by atoms with van der Waals surface area (Å²) in [5.41, 5.74) is 2.73. The van der Waals surface area contributed by atoms with Crippen LogP contribution in [0.1, 0.15) is 5.69 Å². The Morgan fingerprint density at radius 1 is 1.07 bits per heavy atom. The van der Waals surface area contributed by atoms with E-state index in [1.165, 1.54) is 6.20 Å². The Kier molecular flexibility index (Phi) is 4.36. The molecule has 0 saturated heterocycles. The van der Waals surface area contributed by atoms with E-state index in [4.69, 9.17) is 9.47 Å². The lowest BCUT2D eigenvalue weighted by molar-refractivity contribution is 0.212. The van der Waals surface area contributed by atoms with Gasteiger partial charge in [0.05, 0.1) is 28.6 Å². The first-order valence-electron chi connectivity index (χ1n) is 8.16. The number of aryl methyl sites for hydroxylation is 1. The lowest BCUT2D eigenvalue weighted by atomic mass is 10.3. The van der Waals surface area contributed by atoms with Crippen LogP contribution in [0.2, 0.25) is 0 Å². The molecule has 0 fully saturated rings. The Bertz CT molecular complexity index is 1060. The molecule has 8 heteroatoms. The van der Waals surface area contributed by atoms with Crippen LogP contribution < -0.4 is 14.8 Å². The fourth-order valence-corrected chi connectivity index (χ4v) is 2.41. The number of aromatic amines is 1. The maximum absolute atomic E-state index is 12.0. The second-order valence-electron chi connectivity index (χ2n) is 5.65. The number of hydrogen-bond donors (Lipinski definition) is 2. The van der Waals surface area contributed by atoms with Gasteiger partial charge in [-0.15, -0.1) is 0 Å². The molecule has 0 bridgehead atoms. The highest BCUT2D eigenvalue weighted by Crippen LogP contribution is 2.22. The molecule has 8 nitrogen and oxygen atoms in total. The summed E-state index contributed by atoms with van der Waals surface area (Å²) < 4.78 is 10.8. The van der Waals surface area contributed by atoms with E-state index in [9.17, 15) is 4.79 Å². The smallest absolute Gasteiger partial charge is 0.419 e. The molecule has 134 valence electrons. The number of fused-ring (bicyclic) bond motifs is 1. The molecular formula is C19H15N5O3. The molecule has 0 aliphatic heterocycles. The van der Waals surface area contributed by atoms with Gasteiger partial charge in [-0.1, -0.05) is 12.1 Å². The minimum Gasteiger partial charge on any atom is -0.437 e. The largest absolute Gasteiger partial charge is 0.437 e. The maximum Gasteiger partial charge on any atom is 0.419 e. The highest BCUT2D eigenvalue weighted by molar-refractivity contribution is 5.86. The molecule has 4 rings (SSSR count). The number of carbonyl (C=O) groups excluding carboxylic acids is 1. The molecule has 0 aliphatic rings. The number of benzene rings is 1. The van der Waals surface area contributed by atoms with Crippen LogP contribution in [-0.2, 0) is 0 Å². The predicted octanol–water partition coefficient (Wildman–Crippen LogP) is 4.06. The number of hydrogen-bond acceptors (Lipinski definition) is 6. The van der Waals surface area contributed by atoms with Crippen LogP contribution in [0.3, 0.4) is 0 Å². The van der Waals surface area contributed by atoms with Crippen LogP contribution in [0.15, 0.2) is 60.9 Å². The fourth-order valence-electron chi connectivity index (χ4n) is 2.41. The summed E-state index contributed by atoms with van der Waals surface area (Å²) in [6.45, 7) is 1.85. The van der Waals surface area contributed by atoms with Crippen LogP contribution in [0.5, 0.6) is 17.6 Å². The number of pyridine rings is 2. The van der Waals surface area contributed by atoms with Crippen molar-refractivity contribution in [3.63, 3.8) is 0 Å². The molecule has 0 radical (unpaired) electrons. The highest BCUT2D eigenvalue weighted by atomic mass is 16.6. The Balaban J connectivity index is 1.39. The number of H-pyrrole nitrogens is 1. The summed E-state index contributed by atoms with van der Waals surface area (Å²) in [6, 6.07) is 14.4. The number of amides is 1. The first kappa shape index (κ1) is 16.5. The van der Waals surface area contributed by atoms with Gasteiger partial charge in [0, 0.05) is 12.3 Å². The first-order chi connectivity index (χ1) is 13.2. The molecule has 1 amide bonds. The van der Waals surface area contributed by atoms with Crippen LogP contribution in [0, 0.1) is 6.92 Å². The van der Waals surface area contributed by atoms with E-state index >= 15 is 0 Å². The van der Waals surface area contributed by atoms with E-state index in [1.54, 1.807) is 30.5 Å². The predicted molar refractivity (Wildman–Crippen MR) is 99.0 cm³/mol. The van der Waals surface area contributed by atoms with Gasteiger partial charge in [-0.2, -0.15) is 4.98 Å². The molecule has 0 saturated carbocycles.